The maximum atomic E-state index is 4.41. The molecule has 0 fully saturated rings. The van der Waals surface area contributed by atoms with E-state index in [9.17, 15) is 0 Å². The lowest BCUT2D eigenvalue weighted by Crippen LogP contribution is -2.10. The van der Waals surface area contributed by atoms with Gasteiger partial charge in [0.1, 0.15) is 0 Å². The molecule has 70 heavy (non-hydrogen) atoms. The Kier molecular flexibility index (Phi) is 11.2. The third kappa shape index (κ3) is 7.65. The number of anilines is 3. The molecule has 0 amide bonds. The Hall–Kier alpha value is -8.72. The van der Waals surface area contributed by atoms with Crippen molar-refractivity contribution in [2.75, 3.05) is 4.90 Å². The van der Waals surface area contributed by atoms with Gasteiger partial charge in [-0.25, -0.2) is 0 Å². The van der Waals surface area contributed by atoms with Gasteiger partial charge in [0, 0.05) is 39.1 Å². The second kappa shape index (κ2) is 18.4. The predicted octanol–water partition coefficient (Wildman–Crippen LogP) is 19.5. The van der Waals surface area contributed by atoms with Crippen molar-refractivity contribution in [2.24, 2.45) is 0 Å². The molecule has 334 valence electrons. The third-order valence-electron chi connectivity index (χ3n) is 14.1. The van der Waals surface area contributed by atoms with Crippen LogP contribution in [0.4, 0.5) is 17.1 Å². The standard InChI is InChI=1S/C68H52N2/c1-3-20-52-46-65(67-63-33-16-17-34-66(63)70(68(67)59(52)4-2)55-27-10-5-6-11-28-55)53-26-19-29-58(44-53)69(56-39-35-48(36-40-56)51-25-18-24-50(43-51)47-21-8-7-9-22-47)57-41-37-49(38-42-57)64-45-54-23-12-13-30-60(54)61-31-14-15-32-62(61)64/h3-4,7-10,12-46H,2,5-6,11H2,1H3/b20-3-. The molecule has 10 aromatic carbocycles. The molecule has 0 aliphatic heterocycles. The van der Waals surface area contributed by atoms with Crippen molar-refractivity contribution >= 4 is 78.3 Å². The van der Waals surface area contributed by atoms with Gasteiger partial charge in [0.2, 0.25) is 0 Å². The van der Waals surface area contributed by atoms with E-state index < -0.39 is 0 Å². The zero-order valence-electron chi connectivity index (χ0n) is 39.4. The molecule has 0 saturated carbocycles. The van der Waals surface area contributed by atoms with Gasteiger partial charge in [0.15, 0.2) is 0 Å². The Balaban J connectivity index is 1.03. The van der Waals surface area contributed by atoms with Crippen molar-refractivity contribution in [1.29, 1.82) is 0 Å². The van der Waals surface area contributed by atoms with Crippen molar-refractivity contribution in [3.05, 3.63) is 254 Å². The molecule has 12 rings (SSSR count). The minimum Gasteiger partial charge on any atom is -0.310 e. The number of benzene rings is 10. The molecule has 1 aliphatic rings. The second-order valence-electron chi connectivity index (χ2n) is 18.3. The first-order chi connectivity index (χ1) is 34.6. The van der Waals surface area contributed by atoms with E-state index in [0.717, 1.165) is 53.0 Å². The van der Waals surface area contributed by atoms with Crippen LogP contribution in [0.15, 0.2) is 243 Å². The van der Waals surface area contributed by atoms with E-state index in [4.69, 9.17) is 0 Å². The second-order valence-corrected chi connectivity index (χ2v) is 18.3. The van der Waals surface area contributed by atoms with Crippen molar-refractivity contribution in [1.82, 2.24) is 4.57 Å². The third-order valence-corrected chi connectivity index (χ3v) is 14.1. The molecule has 2 heteroatoms. The van der Waals surface area contributed by atoms with E-state index in [1.807, 2.05) is 6.08 Å². The van der Waals surface area contributed by atoms with Crippen LogP contribution in [0.3, 0.4) is 0 Å². The molecule has 1 aromatic heterocycles. The van der Waals surface area contributed by atoms with E-state index in [1.54, 1.807) is 0 Å². The Morgan fingerprint density at radius 1 is 0.486 bits per heavy atom. The summed E-state index contributed by atoms with van der Waals surface area (Å²) in [6.07, 6.45) is 16.7. The monoisotopic (exact) mass is 896 g/mol. The molecule has 0 radical (unpaired) electrons. The summed E-state index contributed by atoms with van der Waals surface area (Å²) < 4.78 is 2.48. The molecule has 0 saturated heterocycles. The number of allylic oxidation sites excluding steroid dienone is 5. The van der Waals surface area contributed by atoms with Crippen LogP contribution < -0.4 is 4.90 Å². The summed E-state index contributed by atoms with van der Waals surface area (Å²) in [4.78, 5) is 2.41. The fourth-order valence-corrected chi connectivity index (χ4v) is 10.8. The highest BCUT2D eigenvalue weighted by atomic mass is 15.1. The maximum absolute atomic E-state index is 4.41. The SMILES string of the molecule is C=Cc1c(/C=C\C)cc(-c2cccc(N(c3ccc(-c4cccc(-c5ccccc5)c4)cc3)c3ccc(-c4cc5ccccc5c5ccccc45)cc3)c2)c2c3ccccc3n(C3=CCCCC=C3)c12. The molecule has 1 heterocycles. The van der Waals surface area contributed by atoms with Gasteiger partial charge in [0.25, 0.3) is 0 Å². The van der Waals surface area contributed by atoms with Gasteiger partial charge in [-0.3, -0.25) is 0 Å². The van der Waals surface area contributed by atoms with Crippen molar-refractivity contribution in [3.63, 3.8) is 0 Å². The molecule has 2 nitrogen and oxygen atoms in total. The smallest absolute Gasteiger partial charge is 0.0625 e. The fourth-order valence-electron chi connectivity index (χ4n) is 10.8. The van der Waals surface area contributed by atoms with Gasteiger partial charge in [-0.1, -0.05) is 189 Å². The molecule has 0 unspecified atom stereocenters. The first-order valence-electron chi connectivity index (χ1n) is 24.5. The summed E-state index contributed by atoms with van der Waals surface area (Å²) in [6, 6.07) is 77.9. The van der Waals surface area contributed by atoms with Gasteiger partial charge in [0.05, 0.1) is 11.0 Å². The largest absolute Gasteiger partial charge is 0.310 e. The van der Waals surface area contributed by atoms with Crippen molar-refractivity contribution in [3.8, 4) is 44.5 Å². The quantitative estimate of drug-likeness (QED) is 0.124. The fraction of sp³-hybridized carbons (Fsp3) is 0.0588. The highest BCUT2D eigenvalue weighted by Crippen LogP contribution is 2.45. The van der Waals surface area contributed by atoms with Gasteiger partial charge in [-0.15, -0.1) is 0 Å². The number of hydrogen-bond acceptors (Lipinski definition) is 1. The van der Waals surface area contributed by atoms with Crippen molar-refractivity contribution < 1.29 is 0 Å². The van der Waals surface area contributed by atoms with E-state index in [1.165, 1.54) is 88.0 Å². The zero-order valence-corrected chi connectivity index (χ0v) is 39.4. The van der Waals surface area contributed by atoms with E-state index >= 15 is 0 Å². The number of para-hydroxylation sites is 1. The Morgan fingerprint density at radius 2 is 1.11 bits per heavy atom. The summed E-state index contributed by atoms with van der Waals surface area (Å²) in [5.74, 6) is 0. The van der Waals surface area contributed by atoms with Crippen LogP contribution in [-0.2, 0) is 0 Å². The molecule has 1 aliphatic carbocycles. The molecule has 0 spiro atoms. The van der Waals surface area contributed by atoms with Crippen LogP contribution in [0, 0.1) is 0 Å². The van der Waals surface area contributed by atoms with Gasteiger partial charge >= 0.3 is 0 Å². The van der Waals surface area contributed by atoms with Crippen molar-refractivity contribution in [2.45, 2.75) is 26.2 Å². The first kappa shape index (κ1) is 42.6. The topological polar surface area (TPSA) is 8.17 Å². The highest BCUT2D eigenvalue weighted by molar-refractivity contribution is 6.20. The lowest BCUT2D eigenvalue weighted by molar-refractivity contribution is 0.875. The normalized spacial score (nSPS) is 12.8. The number of nitrogens with zero attached hydrogens (tertiary/aromatic N) is 2. The number of hydrogen-bond donors (Lipinski definition) is 0. The molecule has 0 atom stereocenters. The number of rotatable bonds is 10. The minimum absolute atomic E-state index is 1.04. The molecule has 0 N–H and O–H groups in total. The predicted molar refractivity (Wildman–Crippen MR) is 303 cm³/mol. The Morgan fingerprint density at radius 3 is 1.87 bits per heavy atom. The summed E-state index contributed by atoms with van der Waals surface area (Å²) in [5.41, 5.74) is 18.6. The zero-order chi connectivity index (χ0) is 47.0. The minimum atomic E-state index is 1.04. The lowest BCUT2D eigenvalue weighted by Gasteiger charge is -2.27. The van der Waals surface area contributed by atoms with Gasteiger partial charge in [-0.2, -0.15) is 0 Å². The highest BCUT2D eigenvalue weighted by Gasteiger charge is 2.23. The average molecular weight is 897 g/mol. The molecular weight excluding hydrogens is 845 g/mol. The average Bonchev–Trinajstić information content (AvgIpc) is 3.53. The van der Waals surface area contributed by atoms with Crippen LogP contribution in [0.1, 0.15) is 37.3 Å². The van der Waals surface area contributed by atoms with Crippen LogP contribution in [0.5, 0.6) is 0 Å². The Bertz CT molecular complexity index is 3860. The van der Waals surface area contributed by atoms with Crippen LogP contribution >= 0.6 is 0 Å². The summed E-state index contributed by atoms with van der Waals surface area (Å²) in [6.45, 7) is 6.51. The summed E-state index contributed by atoms with van der Waals surface area (Å²) in [7, 11) is 0. The molecular formula is C68H52N2. The van der Waals surface area contributed by atoms with Crippen LogP contribution in [-0.4, -0.2) is 4.57 Å². The van der Waals surface area contributed by atoms with E-state index in [-0.39, 0.29) is 0 Å². The van der Waals surface area contributed by atoms with E-state index in [0.29, 0.717) is 0 Å². The van der Waals surface area contributed by atoms with Gasteiger partial charge < -0.3 is 9.47 Å². The lowest BCUT2D eigenvalue weighted by atomic mass is 9.92. The summed E-state index contributed by atoms with van der Waals surface area (Å²) in [5, 5.41) is 7.50. The summed E-state index contributed by atoms with van der Waals surface area (Å²) >= 11 is 0. The van der Waals surface area contributed by atoms with Crippen LogP contribution in [0.25, 0.3) is 106 Å². The number of aromatic nitrogens is 1. The van der Waals surface area contributed by atoms with E-state index in [2.05, 4.69) is 266 Å². The number of fused-ring (bicyclic) bond motifs is 6. The Labute approximate surface area is 410 Å². The maximum Gasteiger partial charge on any atom is 0.0625 e. The molecule has 0 bridgehead atoms. The molecule has 11 aromatic rings. The first-order valence-corrected chi connectivity index (χ1v) is 24.5. The van der Waals surface area contributed by atoms with Gasteiger partial charge in [-0.05, 0) is 165 Å². The van der Waals surface area contributed by atoms with Crippen LogP contribution in [0.2, 0.25) is 0 Å².